The Labute approximate surface area is 178 Å². The lowest BCUT2D eigenvalue weighted by Gasteiger charge is -2.37. The third kappa shape index (κ3) is 5.74. The molecule has 0 radical (unpaired) electrons. The van der Waals surface area contributed by atoms with Crippen LogP contribution in [0.2, 0.25) is 0 Å². The van der Waals surface area contributed by atoms with E-state index in [1.807, 2.05) is 41.2 Å². The lowest BCUT2D eigenvalue weighted by Crippen LogP contribution is -2.51. The van der Waals surface area contributed by atoms with Crippen molar-refractivity contribution in [2.45, 2.75) is 83.0 Å². The first-order valence-corrected chi connectivity index (χ1v) is 11.4. The fourth-order valence-corrected chi connectivity index (χ4v) is 4.54. The quantitative estimate of drug-likeness (QED) is 0.743. The van der Waals surface area contributed by atoms with E-state index in [-0.39, 0.29) is 12.1 Å². The first kappa shape index (κ1) is 20.7. The Hall–Kier alpha value is -2.57. The summed E-state index contributed by atoms with van der Waals surface area (Å²) in [5.74, 6) is 0.828. The molecule has 1 aliphatic carbocycles. The second-order valence-corrected chi connectivity index (χ2v) is 8.49. The predicted octanol–water partition coefficient (Wildman–Crippen LogP) is 4.14. The highest BCUT2D eigenvalue weighted by atomic mass is 16.5. The molecule has 2 fully saturated rings. The van der Waals surface area contributed by atoms with E-state index in [4.69, 9.17) is 4.74 Å². The molecule has 0 spiro atoms. The minimum absolute atomic E-state index is 0.127. The van der Waals surface area contributed by atoms with Gasteiger partial charge in [-0.3, -0.25) is 4.68 Å². The molecule has 2 amide bonds. The van der Waals surface area contributed by atoms with Gasteiger partial charge in [0.15, 0.2) is 0 Å². The second kappa shape index (κ2) is 10.5. The first-order valence-electron chi connectivity index (χ1n) is 11.4. The Balaban J connectivity index is 1.26. The van der Waals surface area contributed by atoms with Crippen molar-refractivity contribution in [3.05, 3.63) is 42.2 Å². The average molecular weight is 412 g/mol. The summed E-state index contributed by atoms with van der Waals surface area (Å²) in [6, 6.07) is 10.5. The monoisotopic (exact) mass is 411 g/mol. The molecule has 1 saturated carbocycles. The first-order chi connectivity index (χ1) is 14.8. The van der Waals surface area contributed by atoms with Gasteiger partial charge in [0.05, 0.1) is 6.20 Å². The minimum Gasteiger partial charge on any atom is -0.487 e. The molecule has 7 heteroatoms. The van der Waals surface area contributed by atoms with Crippen LogP contribution in [0.4, 0.5) is 4.79 Å². The Morgan fingerprint density at radius 2 is 1.87 bits per heavy atom. The van der Waals surface area contributed by atoms with E-state index < -0.39 is 0 Å². The van der Waals surface area contributed by atoms with Crippen LogP contribution in [0.1, 0.15) is 63.5 Å². The van der Waals surface area contributed by atoms with Crippen molar-refractivity contribution in [2.24, 2.45) is 0 Å². The Bertz CT molecular complexity index is 788. The number of urea groups is 1. The molecule has 30 heavy (non-hydrogen) atoms. The van der Waals surface area contributed by atoms with Gasteiger partial charge in [-0.1, -0.05) is 42.7 Å². The van der Waals surface area contributed by atoms with E-state index in [1.54, 1.807) is 0 Å². The molecule has 4 rings (SSSR count). The van der Waals surface area contributed by atoms with Gasteiger partial charge in [-0.2, -0.15) is 0 Å². The number of nitrogens with zero attached hydrogens (tertiary/aromatic N) is 4. The van der Waals surface area contributed by atoms with E-state index in [0.717, 1.165) is 56.6 Å². The van der Waals surface area contributed by atoms with E-state index in [9.17, 15) is 4.79 Å². The van der Waals surface area contributed by atoms with Crippen LogP contribution >= 0.6 is 0 Å². The van der Waals surface area contributed by atoms with E-state index >= 15 is 0 Å². The summed E-state index contributed by atoms with van der Waals surface area (Å²) in [4.78, 5) is 14.9. The molecule has 162 valence electrons. The number of carbonyl (C=O) groups excluding carboxylic acids is 1. The lowest BCUT2D eigenvalue weighted by molar-refractivity contribution is 0.138. The molecule has 1 aromatic heterocycles. The molecule has 1 unspecified atom stereocenters. The third-order valence-corrected chi connectivity index (χ3v) is 6.23. The summed E-state index contributed by atoms with van der Waals surface area (Å²) in [5, 5.41) is 11.8. The predicted molar refractivity (Wildman–Crippen MR) is 115 cm³/mol. The maximum Gasteiger partial charge on any atom is 0.317 e. The number of hydrogen-bond donors (Lipinski definition) is 1. The van der Waals surface area contributed by atoms with Crippen molar-refractivity contribution in [2.75, 3.05) is 6.54 Å². The molecule has 0 bridgehead atoms. The highest BCUT2D eigenvalue weighted by molar-refractivity contribution is 5.75. The van der Waals surface area contributed by atoms with Gasteiger partial charge < -0.3 is 15.0 Å². The summed E-state index contributed by atoms with van der Waals surface area (Å²) >= 11 is 0. The SMILES string of the molecule is O=C(NC1CCCCC1)N1CCCCC1CCn1cc(COc2ccccc2)nn1. The van der Waals surface area contributed by atoms with Gasteiger partial charge in [-0.25, -0.2) is 4.79 Å². The lowest BCUT2D eigenvalue weighted by atomic mass is 9.95. The van der Waals surface area contributed by atoms with Gasteiger partial charge in [-0.15, -0.1) is 5.10 Å². The van der Waals surface area contributed by atoms with Crippen LogP contribution in [-0.2, 0) is 13.2 Å². The maximum atomic E-state index is 12.9. The number of carbonyl (C=O) groups is 1. The Morgan fingerprint density at radius 3 is 2.70 bits per heavy atom. The number of ether oxygens (including phenoxy) is 1. The van der Waals surface area contributed by atoms with Crippen molar-refractivity contribution < 1.29 is 9.53 Å². The number of benzene rings is 1. The van der Waals surface area contributed by atoms with Crippen molar-refractivity contribution in [3.8, 4) is 5.75 Å². The fraction of sp³-hybridized carbons (Fsp3) is 0.609. The zero-order chi connectivity index (χ0) is 20.6. The number of piperidine rings is 1. The average Bonchev–Trinajstić information content (AvgIpc) is 3.26. The van der Waals surface area contributed by atoms with Crippen molar-refractivity contribution in [3.63, 3.8) is 0 Å². The van der Waals surface area contributed by atoms with Crippen molar-refractivity contribution in [1.29, 1.82) is 0 Å². The summed E-state index contributed by atoms with van der Waals surface area (Å²) < 4.78 is 7.61. The second-order valence-electron chi connectivity index (χ2n) is 8.49. The number of nitrogens with one attached hydrogen (secondary N) is 1. The van der Waals surface area contributed by atoms with Crippen molar-refractivity contribution >= 4 is 6.03 Å². The van der Waals surface area contributed by atoms with E-state index in [0.29, 0.717) is 12.6 Å². The number of aryl methyl sites for hydroxylation is 1. The van der Waals surface area contributed by atoms with Crippen LogP contribution in [0.25, 0.3) is 0 Å². The third-order valence-electron chi connectivity index (χ3n) is 6.23. The molecule has 2 heterocycles. The molecule has 1 aliphatic heterocycles. The summed E-state index contributed by atoms with van der Waals surface area (Å²) in [5.41, 5.74) is 0.814. The molecule has 1 saturated heterocycles. The number of aromatic nitrogens is 3. The Morgan fingerprint density at radius 1 is 1.07 bits per heavy atom. The maximum absolute atomic E-state index is 12.9. The van der Waals surface area contributed by atoms with Crippen LogP contribution in [0.3, 0.4) is 0 Å². The Kier molecular flexibility index (Phi) is 7.21. The molecule has 7 nitrogen and oxygen atoms in total. The highest BCUT2D eigenvalue weighted by Crippen LogP contribution is 2.22. The van der Waals surface area contributed by atoms with Crippen LogP contribution in [0.15, 0.2) is 36.5 Å². The largest absolute Gasteiger partial charge is 0.487 e. The van der Waals surface area contributed by atoms with Crippen LogP contribution in [0, 0.1) is 0 Å². The van der Waals surface area contributed by atoms with Crippen molar-refractivity contribution in [1.82, 2.24) is 25.2 Å². The molecule has 2 aromatic rings. The summed E-state index contributed by atoms with van der Waals surface area (Å²) in [7, 11) is 0. The molecule has 2 aliphatic rings. The number of likely N-dealkylation sites (tertiary alicyclic amines) is 1. The number of hydrogen-bond acceptors (Lipinski definition) is 4. The molecule has 1 atom stereocenters. The topological polar surface area (TPSA) is 72.3 Å². The highest BCUT2D eigenvalue weighted by Gasteiger charge is 2.28. The van der Waals surface area contributed by atoms with E-state index in [1.165, 1.54) is 25.7 Å². The smallest absolute Gasteiger partial charge is 0.317 e. The summed E-state index contributed by atoms with van der Waals surface area (Å²) in [6.07, 6.45) is 12.2. The molecule has 1 N–H and O–H groups in total. The number of rotatable bonds is 7. The normalized spacial score (nSPS) is 20.1. The van der Waals surface area contributed by atoms with Gasteiger partial charge in [0, 0.05) is 25.2 Å². The van der Waals surface area contributed by atoms with Gasteiger partial charge in [0.25, 0.3) is 0 Å². The van der Waals surface area contributed by atoms with Gasteiger partial charge in [0.2, 0.25) is 0 Å². The van der Waals surface area contributed by atoms with Crippen LogP contribution in [0.5, 0.6) is 5.75 Å². The standard InChI is InChI=1S/C23H33N5O2/c29-23(24-19-9-3-1-4-10-19)28-15-8-7-11-21(28)14-16-27-17-20(25-26-27)18-30-22-12-5-2-6-13-22/h2,5-6,12-13,17,19,21H,1,3-4,7-11,14-16,18H2,(H,24,29). The van der Waals surface area contributed by atoms with E-state index in [2.05, 4.69) is 20.5 Å². The minimum atomic E-state index is 0.127. The zero-order valence-corrected chi connectivity index (χ0v) is 17.7. The zero-order valence-electron chi connectivity index (χ0n) is 17.7. The number of amides is 2. The molecular formula is C23H33N5O2. The molecule has 1 aromatic carbocycles. The molecular weight excluding hydrogens is 378 g/mol. The summed E-state index contributed by atoms with van der Waals surface area (Å²) in [6.45, 7) is 2.02. The van der Waals surface area contributed by atoms with Crippen LogP contribution < -0.4 is 10.1 Å². The number of para-hydroxylation sites is 1. The van der Waals surface area contributed by atoms with Gasteiger partial charge in [0.1, 0.15) is 18.1 Å². The fourth-order valence-electron chi connectivity index (χ4n) is 4.54. The van der Waals surface area contributed by atoms with Crippen LogP contribution in [-0.4, -0.2) is 44.6 Å². The van der Waals surface area contributed by atoms with Gasteiger partial charge in [-0.05, 0) is 50.7 Å². The van der Waals surface area contributed by atoms with Gasteiger partial charge >= 0.3 is 6.03 Å².